The van der Waals surface area contributed by atoms with Crippen LogP contribution in [-0.2, 0) is 32.6 Å². The van der Waals surface area contributed by atoms with E-state index in [1.54, 1.807) is 18.3 Å². The van der Waals surface area contributed by atoms with Crippen LogP contribution in [0.4, 0.5) is 5.95 Å². The van der Waals surface area contributed by atoms with E-state index in [1.807, 2.05) is 4.90 Å². The molecule has 2 aromatic rings. The van der Waals surface area contributed by atoms with Crippen molar-refractivity contribution in [2.24, 2.45) is 0 Å². The minimum Gasteiger partial charge on any atom is -0.378 e. The molecule has 0 spiro atoms. The summed E-state index contributed by atoms with van der Waals surface area (Å²) in [5, 5.41) is 2.65. The average Bonchev–Trinajstić information content (AvgIpc) is 3.16. The molecular formula is C16H21N5O4S2. The zero-order valence-corrected chi connectivity index (χ0v) is 16.5. The Bertz CT molecular complexity index is 894. The molecule has 0 atom stereocenters. The van der Waals surface area contributed by atoms with Crippen molar-refractivity contribution in [3.63, 3.8) is 0 Å². The highest BCUT2D eigenvalue weighted by molar-refractivity contribution is 7.91. The van der Waals surface area contributed by atoms with Crippen LogP contribution in [0.3, 0.4) is 0 Å². The maximum Gasteiger partial charge on any atom is 0.250 e. The number of nitrogens with one attached hydrogen (secondary N) is 2. The lowest BCUT2D eigenvalue weighted by Gasteiger charge is -2.26. The van der Waals surface area contributed by atoms with Crippen LogP contribution in [0.15, 0.2) is 28.6 Å². The molecule has 1 aliphatic heterocycles. The van der Waals surface area contributed by atoms with E-state index in [4.69, 9.17) is 4.74 Å². The molecule has 2 N–H and O–H groups in total. The van der Waals surface area contributed by atoms with Crippen molar-refractivity contribution in [3.05, 3.63) is 35.0 Å². The first-order chi connectivity index (χ1) is 12.9. The monoisotopic (exact) mass is 411 g/mol. The molecular weight excluding hydrogens is 390 g/mol. The van der Waals surface area contributed by atoms with Gasteiger partial charge in [0.25, 0.3) is 0 Å². The molecule has 1 fully saturated rings. The highest BCUT2D eigenvalue weighted by Crippen LogP contribution is 2.21. The highest BCUT2D eigenvalue weighted by Gasteiger charge is 2.18. The Kier molecular flexibility index (Phi) is 6.37. The zero-order chi connectivity index (χ0) is 19.3. The van der Waals surface area contributed by atoms with Gasteiger partial charge in [-0.15, -0.1) is 11.3 Å². The molecule has 0 saturated carbocycles. The minimum absolute atomic E-state index is 0.0706. The van der Waals surface area contributed by atoms with Crippen LogP contribution in [-0.4, -0.2) is 50.6 Å². The van der Waals surface area contributed by atoms with E-state index >= 15 is 0 Å². The third kappa shape index (κ3) is 5.45. The second-order valence-corrected chi connectivity index (χ2v) is 9.06. The fourth-order valence-corrected chi connectivity index (χ4v) is 4.79. The molecule has 0 unspecified atom stereocenters. The number of nitrogens with zero attached hydrogens (tertiary/aromatic N) is 3. The van der Waals surface area contributed by atoms with Crippen LogP contribution < -0.4 is 14.9 Å². The van der Waals surface area contributed by atoms with Crippen molar-refractivity contribution in [2.75, 3.05) is 31.2 Å². The number of carbonyl (C=O) groups excluding carboxylic acids is 1. The van der Waals surface area contributed by atoms with Gasteiger partial charge in [-0.3, -0.25) is 4.79 Å². The quantitative estimate of drug-likeness (QED) is 0.682. The molecule has 1 saturated heterocycles. The first-order valence-electron chi connectivity index (χ1n) is 8.41. The van der Waals surface area contributed by atoms with E-state index in [0.29, 0.717) is 44.5 Å². The molecule has 11 heteroatoms. The van der Waals surface area contributed by atoms with Crippen molar-refractivity contribution in [1.29, 1.82) is 0 Å². The predicted octanol–water partition coefficient (Wildman–Crippen LogP) is 0.489. The normalized spacial score (nSPS) is 14.9. The van der Waals surface area contributed by atoms with E-state index in [1.165, 1.54) is 13.0 Å². The molecule has 3 rings (SSSR count). The van der Waals surface area contributed by atoms with Crippen LogP contribution in [0.25, 0.3) is 0 Å². The van der Waals surface area contributed by atoms with E-state index in [2.05, 4.69) is 20.0 Å². The van der Waals surface area contributed by atoms with Gasteiger partial charge in [-0.05, 0) is 18.2 Å². The number of sulfonamides is 1. The van der Waals surface area contributed by atoms with Crippen molar-refractivity contribution in [2.45, 2.75) is 24.2 Å². The Morgan fingerprint density at radius 1 is 1.26 bits per heavy atom. The summed E-state index contributed by atoms with van der Waals surface area (Å²) in [5.74, 6) is 0.412. The van der Waals surface area contributed by atoms with Gasteiger partial charge in [-0.2, -0.15) is 0 Å². The Morgan fingerprint density at radius 2 is 2.04 bits per heavy atom. The van der Waals surface area contributed by atoms with Gasteiger partial charge < -0.3 is 15.0 Å². The van der Waals surface area contributed by atoms with Crippen molar-refractivity contribution in [1.82, 2.24) is 20.0 Å². The second-order valence-electron chi connectivity index (χ2n) is 5.90. The van der Waals surface area contributed by atoms with Crippen molar-refractivity contribution >= 4 is 33.2 Å². The van der Waals surface area contributed by atoms with Gasteiger partial charge in [0.1, 0.15) is 4.21 Å². The first-order valence-corrected chi connectivity index (χ1v) is 10.7. The summed E-state index contributed by atoms with van der Waals surface area (Å²) in [6, 6.07) is 4.91. The van der Waals surface area contributed by atoms with Crippen LogP contribution in [0.2, 0.25) is 0 Å². The third-order valence-electron chi connectivity index (χ3n) is 3.85. The smallest absolute Gasteiger partial charge is 0.250 e. The molecule has 1 aliphatic rings. The predicted molar refractivity (Wildman–Crippen MR) is 101 cm³/mol. The average molecular weight is 412 g/mol. The maximum absolute atomic E-state index is 12.5. The summed E-state index contributed by atoms with van der Waals surface area (Å²) in [6.07, 6.45) is 1.62. The van der Waals surface area contributed by atoms with E-state index in [-0.39, 0.29) is 16.7 Å². The summed E-state index contributed by atoms with van der Waals surface area (Å²) in [5.41, 5.74) is 0.588. The molecule has 0 bridgehead atoms. The van der Waals surface area contributed by atoms with Crippen LogP contribution >= 0.6 is 11.3 Å². The molecule has 3 heterocycles. The zero-order valence-electron chi connectivity index (χ0n) is 14.8. The number of hydrogen-bond donors (Lipinski definition) is 2. The molecule has 2 aromatic heterocycles. The van der Waals surface area contributed by atoms with Crippen LogP contribution in [0.5, 0.6) is 0 Å². The fourth-order valence-electron chi connectivity index (χ4n) is 2.45. The van der Waals surface area contributed by atoms with Gasteiger partial charge in [0.2, 0.25) is 21.9 Å². The van der Waals surface area contributed by atoms with Gasteiger partial charge in [0.15, 0.2) is 0 Å². The summed E-state index contributed by atoms with van der Waals surface area (Å²) in [4.78, 5) is 22.4. The van der Waals surface area contributed by atoms with Crippen LogP contribution in [0.1, 0.15) is 17.5 Å². The minimum atomic E-state index is -3.65. The Labute approximate surface area is 161 Å². The number of ether oxygens (including phenoxy) is 1. The largest absolute Gasteiger partial charge is 0.378 e. The van der Waals surface area contributed by atoms with Gasteiger partial charge in [-0.25, -0.2) is 23.1 Å². The standard InChI is InChI=1S/C16H21N5O4S2/c1-12(22)18-11-14-2-3-15(26-14)27(23,24)19-10-13-4-5-17-16(20-13)21-6-8-25-9-7-21/h2-5,19H,6-11H2,1H3,(H,18,22). The van der Waals surface area contributed by atoms with Crippen molar-refractivity contribution in [3.8, 4) is 0 Å². The SMILES string of the molecule is CC(=O)NCc1ccc(S(=O)(=O)NCc2ccnc(N3CCOCC3)n2)s1. The first kappa shape index (κ1) is 19.7. The number of amides is 1. The summed E-state index contributed by atoms with van der Waals surface area (Å²) < 4.78 is 33.0. The third-order valence-corrected chi connectivity index (χ3v) is 6.83. The molecule has 1 amide bonds. The summed E-state index contributed by atoms with van der Waals surface area (Å²) in [6.45, 7) is 4.47. The number of carbonyl (C=O) groups is 1. The van der Waals surface area contributed by atoms with Gasteiger partial charge in [-0.1, -0.05) is 0 Å². The fraction of sp³-hybridized carbons (Fsp3) is 0.438. The number of aromatic nitrogens is 2. The van der Waals surface area contributed by atoms with Gasteiger partial charge in [0, 0.05) is 31.1 Å². The van der Waals surface area contributed by atoms with E-state index in [9.17, 15) is 13.2 Å². The Morgan fingerprint density at radius 3 is 2.78 bits per heavy atom. The molecule has 9 nitrogen and oxygen atoms in total. The summed E-state index contributed by atoms with van der Waals surface area (Å²) in [7, 11) is -3.65. The number of hydrogen-bond acceptors (Lipinski definition) is 8. The molecule has 0 aromatic carbocycles. The van der Waals surface area contributed by atoms with E-state index in [0.717, 1.165) is 16.2 Å². The number of thiophene rings is 1. The molecule has 27 heavy (non-hydrogen) atoms. The lowest BCUT2D eigenvalue weighted by molar-refractivity contribution is -0.119. The van der Waals surface area contributed by atoms with Gasteiger partial charge in [0.05, 0.1) is 32.0 Å². The Hall–Kier alpha value is -2.08. The lowest BCUT2D eigenvalue weighted by atomic mass is 10.4. The molecule has 146 valence electrons. The number of morpholine rings is 1. The van der Waals surface area contributed by atoms with Crippen molar-refractivity contribution < 1.29 is 17.9 Å². The second kappa shape index (κ2) is 8.74. The number of anilines is 1. The lowest BCUT2D eigenvalue weighted by Crippen LogP contribution is -2.37. The van der Waals surface area contributed by atoms with E-state index < -0.39 is 10.0 Å². The van der Waals surface area contributed by atoms with Crippen LogP contribution in [0, 0.1) is 0 Å². The van der Waals surface area contributed by atoms with Gasteiger partial charge >= 0.3 is 0 Å². The topological polar surface area (TPSA) is 114 Å². The maximum atomic E-state index is 12.5. The number of rotatable bonds is 7. The molecule has 0 aliphatic carbocycles. The summed E-state index contributed by atoms with van der Waals surface area (Å²) >= 11 is 1.12. The Balaban J connectivity index is 1.62. The highest BCUT2D eigenvalue weighted by atomic mass is 32.2. The molecule has 0 radical (unpaired) electrons.